The Morgan fingerprint density at radius 3 is 2.92 bits per heavy atom. The van der Waals surface area contributed by atoms with Crippen LogP contribution in [0.4, 0.5) is 0 Å². The number of nitrogens with two attached hydrogens (primary N) is 1. The van der Waals surface area contributed by atoms with Gasteiger partial charge in [-0.25, -0.2) is 0 Å². The molecule has 4 heteroatoms. The van der Waals surface area contributed by atoms with Gasteiger partial charge in [-0.05, 0) is 12.1 Å². The van der Waals surface area contributed by atoms with E-state index in [1.807, 2.05) is 18.2 Å². The summed E-state index contributed by atoms with van der Waals surface area (Å²) in [6.45, 7) is 0.223. The van der Waals surface area contributed by atoms with E-state index in [4.69, 9.17) is 27.4 Å². The molecular formula is C9H11NO2S. The zero-order valence-corrected chi connectivity index (χ0v) is 8.14. The monoisotopic (exact) mass is 197 g/mol. The van der Waals surface area contributed by atoms with E-state index in [0.717, 1.165) is 5.56 Å². The summed E-state index contributed by atoms with van der Waals surface area (Å²) in [7, 11) is 1.57. The molecule has 3 nitrogen and oxygen atoms in total. The number of benzene rings is 1. The van der Waals surface area contributed by atoms with Crippen LogP contribution in [-0.2, 0) is 4.74 Å². The summed E-state index contributed by atoms with van der Waals surface area (Å²) < 4.78 is 9.97. The van der Waals surface area contributed by atoms with Crippen molar-refractivity contribution in [1.82, 2.24) is 0 Å². The van der Waals surface area contributed by atoms with Gasteiger partial charge >= 0.3 is 0 Å². The van der Waals surface area contributed by atoms with Gasteiger partial charge in [-0.1, -0.05) is 24.4 Å². The summed E-state index contributed by atoms with van der Waals surface area (Å²) in [5, 5.41) is 0. The highest BCUT2D eigenvalue weighted by atomic mass is 32.1. The van der Waals surface area contributed by atoms with Crippen molar-refractivity contribution in [2.75, 3.05) is 13.9 Å². The maximum absolute atomic E-state index is 5.46. The average Bonchev–Trinajstić information content (AvgIpc) is 2.15. The van der Waals surface area contributed by atoms with Gasteiger partial charge in [-0.15, -0.1) is 0 Å². The van der Waals surface area contributed by atoms with Crippen LogP contribution >= 0.6 is 12.2 Å². The SMILES string of the molecule is COCOc1cccc(C(N)=S)c1. The zero-order valence-electron chi connectivity index (χ0n) is 7.32. The third-order valence-electron chi connectivity index (χ3n) is 1.46. The molecule has 0 aliphatic carbocycles. The van der Waals surface area contributed by atoms with E-state index in [-0.39, 0.29) is 6.79 Å². The van der Waals surface area contributed by atoms with Crippen molar-refractivity contribution in [2.24, 2.45) is 5.73 Å². The minimum Gasteiger partial charge on any atom is -0.468 e. The van der Waals surface area contributed by atoms with Gasteiger partial charge in [0.2, 0.25) is 0 Å². The Balaban J connectivity index is 2.73. The van der Waals surface area contributed by atoms with Gasteiger partial charge in [0.05, 0.1) is 0 Å². The average molecular weight is 197 g/mol. The highest BCUT2D eigenvalue weighted by Gasteiger charge is 1.98. The van der Waals surface area contributed by atoms with E-state index in [0.29, 0.717) is 10.7 Å². The predicted molar refractivity (Wildman–Crippen MR) is 54.8 cm³/mol. The zero-order chi connectivity index (χ0) is 9.68. The quantitative estimate of drug-likeness (QED) is 0.583. The second-order valence-electron chi connectivity index (χ2n) is 2.44. The molecule has 0 saturated heterocycles. The highest BCUT2D eigenvalue weighted by molar-refractivity contribution is 7.80. The van der Waals surface area contributed by atoms with E-state index < -0.39 is 0 Å². The van der Waals surface area contributed by atoms with Crippen molar-refractivity contribution in [3.63, 3.8) is 0 Å². The van der Waals surface area contributed by atoms with Crippen LogP contribution in [0.1, 0.15) is 5.56 Å². The van der Waals surface area contributed by atoms with Crippen LogP contribution in [0.5, 0.6) is 5.75 Å². The van der Waals surface area contributed by atoms with Crippen molar-refractivity contribution < 1.29 is 9.47 Å². The summed E-state index contributed by atoms with van der Waals surface area (Å²) in [5.41, 5.74) is 6.25. The number of methoxy groups -OCH3 is 1. The van der Waals surface area contributed by atoms with Crippen LogP contribution in [0.25, 0.3) is 0 Å². The summed E-state index contributed by atoms with van der Waals surface area (Å²) in [5.74, 6) is 0.701. The maximum atomic E-state index is 5.46. The van der Waals surface area contributed by atoms with Gasteiger partial charge in [0.15, 0.2) is 6.79 Å². The Morgan fingerprint density at radius 1 is 1.54 bits per heavy atom. The molecule has 0 aliphatic heterocycles. The lowest BCUT2D eigenvalue weighted by atomic mass is 10.2. The first-order valence-corrected chi connectivity index (χ1v) is 4.16. The first-order valence-electron chi connectivity index (χ1n) is 3.75. The molecule has 1 aromatic rings. The standard InChI is InChI=1S/C9H11NO2S/c1-11-6-12-8-4-2-3-7(5-8)9(10)13/h2-5H,6H2,1H3,(H2,10,13). The summed E-state index contributed by atoms with van der Waals surface area (Å²) >= 11 is 4.83. The van der Waals surface area contributed by atoms with Gasteiger partial charge in [0, 0.05) is 12.7 Å². The molecule has 0 bridgehead atoms. The van der Waals surface area contributed by atoms with Crippen molar-refractivity contribution in [2.45, 2.75) is 0 Å². The number of thiocarbonyl (C=S) groups is 1. The van der Waals surface area contributed by atoms with Crippen LogP contribution < -0.4 is 10.5 Å². The molecule has 0 fully saturated rings. The van der Waals surface area contributed by atoms with Crippen molar-refractivity contribution >= 4 is 17.2 Å². The first-order chi connectivity index (χ1) is 6.24. The molecule has 0 heterocycles. The fourth-order valence-electron chi connectivity index (χ4n) is 0.866. The fourth-order valence-corrected chi connectivity index (χ4v) is 0.993. The molecule has 0 unspecified atom stereocenters. The smallest absolute Gasteiger partial charge is 0.188 e. The fraction of sp³-hybridized carbons (Fsp3) is 0.222. The summed E-state index contributed by atoms with van der Waals surface area (Å²) in [6, 6.07) is 7.27. The van der Waals surface area contributed by atoms with Crippen LogP contribution in [-0.4, -0.2) is 18.9 Å². The summed E-state index contributed by atoms with van der Waals surface area (Å²) in [6.07, 6.45) is 0. The van der Waals surface area contributed by atoms with Crippen LogP contribution in [0.2, 0.25) is 0 Å². The molecule has 0 atom stereocenters. The number of hydrogen-bond donors (Lipinski definition) is 1. The van der Waals surface area contributed by atoms with E-state index >= 15 is 0 Å². The first kappa shape index (κ1) is 9.95. The topological polar surface area (TPSA) is 44.5 Å². The summed E-state index contributed by atoms with van der Waals surface area (Å²) in [4.78, 5) is 0.364. The minimum atomic E-state index is 0.223. The van der Waals surface area contributed by atoms with Gasteiger partial charge in [0.1, 0.15) is 10.7 Å². The van der Waals surface area contributed by atoms with E-state index in [1.165, 1.54) is 0 Å². The normalized spacial score (nSPS) is 9.62. The molecule has 0 spiro atoms. The molecular weight excluding hydrogens is 186 g/mol. The van der Waals surface area contributed by atoms with Gasteiger partial charge in [-0.2, -0.15) is 0 Å². The predicted octanol–water partition coefficient (Wildman–Crippen LogP) is 1.30. The van der Waals surface area contributed by atoms with Crippen molar-refractivity contribution in [1.29, 1.82) is 0 Å². The molecule has 0 aliphatic rings. The Morgan fingerprint density at radius 2 is 2.31 bits per heavy atom. The van der Waals surface area contributed by atoms with E-state index in [2.05, 4.69) is 0 Å². The van der Waals surface area contributed by atoms with Crippen LogP contribution in [0, 0.1) is 0 Å². The molecule has 1 rings (SSSR count). The molecule has 0 saturated carbocycles. The lowest BCUT2D eigenvalue weighted by molar-refractivity contribution is 0.0511. The van der Waals surface area contributed by atoms with Gasteiger partial charge in [0.25, 0.3) is 0 Å². The second-order valence-corrected chi connectivity index (χ2v) is 2.88. The van der Waals surface area contributed by atoms with Gasteiger partial charge < -0.3 is 15.2 Å². The molecule has 0 radical (unpaired) electrons. The van der Waals surface area contributed by atoms with Gasteiger partial charge in [-0.3, -0.25) is 0 Å². The van der Waals surface area contributed by atoms with Crippen LogP contribution in [0.3, 0.4) is 0 Å². The van der Waals surface area contributed by atoms with E-state index in [1.54, 1.807) is 13.2 Å². The molecule has 1 aromatic carbocycles. The third kappa shape index (κ3) is 3.01. The molecule has 0 aromatic heterocycles. The maximum Gasteiger partial charge on any atom is 0.188 e. The number of rotatable bonds is 4. The minimum absolute atomic E-state index is 0.223. The largest absolute Gasteiger partial charge is 0.468 e. The van der Waals surface area contributed by atoms with E-state index in [9.17, 15) is 0 Å². The highest BCUT2D eigenvalue weighted by Crippen LogP contribution is 2.12. The van der Waals surface area contributed by atoms with Crippen LogP contribution in [0.15, 0.2) is 24.3 Å². The van der Waals surface area contributed by atoms with Crippen molar-refractivity contribution in [3.05, 3.63) is 29.8 Å². The Hall–Kier alpha value is -1.13. The Kier molecular flexibility index (Phi) is 3.67. The Bertz CT molecular complexity index is 301. The molecule has 13 heavy (non-hydrogen) atoms. The lowest BCUT2D eigenvalue weighted by Crippen LogP contribution is -2.09. The Labute approximate surface area is 82.5 Å². The molecule has 70 valence electrons. The lowest BCUT2D eigenvalue weighted by Gasteiger charge is -2.05. The number of ether oxygens (including phenoxy) is 2. The molecule has 0 amide bonds. The molecule has 2 N–H and O–H groups in total. The number of hydrogen-bond acceptors (Lipinski definition) is 3. The second kappa shape index (κ2) is 4.79. The third-order valence-corrected chi connectivity index (χ3v) is 1.70. The van der Waals surface area contributed by atoms with Crippen molar-refractivity contribution in [3.8, 4) is 5.75 Å².